The van der Waals surface area contributed by atoms with Crippen LogP contribution in [0, 0.1) is 0 Å². The SMILES string of the molecule is CCCN(CC(=O)O)CC(=O)N1c2ccccc2NC(=O)C12CCCC2. The molecule has 1 spiro atoms. The first-order valence-electron chi connectivity index (χ1n) is 9.15. The van der Waals surface area contributed by atoms with Crippen LogP contribution in [0.3, 0.4) is 0 Å². The van der Waals surface area contributed by atoms with Crippen LogP contribution in [-0.4, -0.2) is 53.0 Å². The first-order chi connectivity index (χ1) is 12.5. The maximum atomic E-state index is 13.2. The molecule has 0 atom stereocenters. The van der Waals surface area contributed by atoms with Crippen LogP contribution in [0.5, 0.6) is 0 Å². The maximum absolute atomic E-state index is 13.2. The molecule has 1 aromatic carbocycles. The molecule has 1 aromatic rings. The third-order valence-corrected chi connectivity index (χ3v) is 5.18. The van der Waals surface area contributed by atoms with E-state index in [0.717, 1.165) is 19.3 Å². The fourth-order valence-corrected chi connectivity index (χ4v) is 4.11. The van der Waals surface area contributed by atoms with E-state index in [1.807, 2.05) is 25.1 Å². The van der Waals surface area contributed by atoms with E-state index in [-0.39, 0.29) is 24.9 Å². The van der Waals surface area contributed by atoms with E-state index < -0.39 is 11.5 Å². The van der Waals surface area contributed by atoms with Gasteiger partial charge in [0.15, 0.2) is 0 Å². The molecule has 1 fully saturated rings. The van der Waals surface area contributed by atoms with Crippen molar-refractivity contribution in [2.24, 2.45) is 0 Å². The lowest BCUT2D eigenvalue weighted by Crippen LogP contribution is -2.62. The Morgan fingerprint density at radius 2 is 1.92 bits per heavy atom. The lowest BCUT2D eigenvalue weighted by Gasteiger charge is -2.45. The average molecular weight is 359 g/mol. The number of aliphatic carboxylic acids is 1. The number of anilines is 2. The molecule has 0 radical (unpaired) electrons. The first-order valence-corrected chi connectivity index (χ1v) is 9.15. The lowest BCUT2D eigenvalue weighted by molar-refractivity contribution is -0.139. The molecule has 26 heavy (non-hydrogen) atoms. The van der Waals surface area contributed by atoms with Gasteiger partial charge in [0.25, 0.3) is 5.91 Å². The Morgan fingerprint density at radius 3 is 2.58 bits per heavy atom. The second-order valence-corrected chi connectivity index (χ2v) is 7.04. The second kappa shape index (κ2) is 7.45. The largest absolute Gasteiger partial charge is 0.480 e. The van der Waals surface area contributed by atoms with Crippen molar-refractivity contribution in [2.45, 2.75) is 44.6 Å². The van der Waals surface area contributed by atoms with Gasteiger partial charge in [-0.1, -0.05) is 31.9 Å². The summed E-state index contributed by atoms with van der Waals surface area (Å²) in [7, 11) is 0. The standard InChI is InChI=1S/C19H25N3O4/c1-2-11-21(13-17(24)25)12-16(23)22-15-8-4-3-7-14(15)20-18(26)19(22)9-5-6-10-19/h3-4,7-8H,2,5-6,9-13H2,1H3,(H,20,26)(H,24,25). The van der Waals surface area contributed by atoms with Crippen molar-refractivity contribution >= 4 is 29.2 Å². The van der Waals surface area contributed by atoms with Gasteiger partial charge < -0.3 is 10.4 Å². The highest BCUT2D eigenvalue weighted by Crippen LogP contribution is 2.45. The average Bonchev–Trinajstić information content (AvgIpc) is 3.06. The minimum Gasteiger partial charge on any atom is -0.480 e. The van der Waals surface area contributed by atoms with E-state index >= 15 is 0 Å². The summed E-state index contributed by atoms with van der Waals surface area (Å²) < 4.78 is 0. The number of fused-ring (bicyclic) bond motifs is 1. The third kappa shape index (κ3) is 3.31. The molecule has 2 amide bonds. The van der Waals surface area contributed by atoms with E-state index in [1.54, 1.807) is 15.9 Å². The van der Waals surface area contributed by atoms with Crippen molar-refractivity contribution in [1.29, 1.82) is 0 Å². The molecule has 1 aliphatic heterocycles. The number of hydrogen-bond acceptors (Lipinski definition) is 4. The Balaban J connectivity index is 1.94. The predicted octanol–water partition coefficient (Wildman–Crippen LogP) is 2.08. The number of carbonyl (C=O) groups is 3. The van der Waals surface area contributed by atoms with Gasteiger partial charge in [0.2, 0.25) is 5.91 Å². The molecular formula is C19H25N3O4. The zero-order valence-electron chi connectivity index (χ0n) is 15.0. The highest BCUT2D eigenvalue weighted by molar-refractivity contribution is 6.15. The lowest BCUT2D eigenvalue weighted by atomic mass is 9.89. The molecule has 0 unspecified atom stereocenters. The highest BCUT2D eigenvalue weighted by atomic mass is 16.4. The molecule has 0 bridgehead atoms. The van der Waals surface area contributed by atoms with Crippen LogP contribution in [-0.2, 0) is 14.4 Å². The normalized spacial score (nSPS) is 18.1. The van der Waals surface area contributed by atoms with Gasteiger partial charge in [-0.25, -0.2) is 0 Å². The molecule has 1 heterocycles. The maximum Gasteiger partial charge on any atom is 0.317 e. The van der Waals surface area contributed by atoms with Crippen molar-refractivity contribution in [3.05, 3.63) is 24.3 Å². The molecule has 140 valence electrons. The summed E-state index contributed by atoms with van der Waals surface area (Å²) in [6.07, 6.45) is 3.81. The number of carboxylic acid groups (broad SMARTS) is 1. The van der Waals surface area contributed by atoms with Gasteiger partial charge in [-0.05, 0) is 37.9 Å². The molecular weight excluding hydrogens is 334 g/mol. The predicted molar refractivity (Wildman–Crippen MR) is 98.1 cm³/mol. The van der Waals surface area contributed by atoms with Crippen molar-refractivity contribution in [3.8, 4) is 0 Å². The first kappa shape index (κ1) is 18.4. The molecule has 2 N–H and O–H groups in total. The summed E-state index contributed by atoms with van der Waals surface area (Å²) in [5, 5.41) is 12.1. The number of amides is 2. The summed E-state index contributed by atoms with van der Waals surface area (Å²) in [6, 6.07) is 7.30. The highest BCUT2D eigenvalue weighted by Gasteiger charge is 2.52. The number of benzene rings is 1. The van der Waals surface area contributed by atoms with Gasteiger partial charge in [-0.3, -0.25) is 24.2 Å². The van der Waals surface area contributed by atoms with Gasteiger partial charge >= 0.3 is 5.97 Å². The minimum atomic E-state index is -0.960. The Labute approximate surface area is 153 Å². The number of hydrogen-bond donors (Lipinski definition) is 2. The molecule has 7 heteroatoms. The van der Waals surface area contributed by atoms with E-state index in [0.29, 0.717) is 30.8 Å². The van der Waals surface area contributed by atoms with E-state index in [2.05, 4.69) is 5.32 Å². The summed E-state index contributed by atoms with van der Waals surface area (Å²) in [5.74, 6) is -1.31. The number of carboxylic acids is 1. The molecule has 0 aromatic heterocycles. The molecule has 2 aliphatic rings. The summed E-state index contributed by atoms with van der Waals surface area (Å²) in [4.78, 5) is 40.5. The zero-order valence-corrected chi connectivity index (χ0v) is 15.0. The summed E-state index contributed by atoms with van der Waals surface area (Å²) >= 11 is 0. The van der Waals surface area contributed by atoms with Crippen LogP contribution in [0.15, 0.2) is 24.3 Å². The molecule has 0 saturated heterocycles. The topological polar surface area (TPSA) is 90.0 Å². The van der Waals surface area contributed by atoms with Gasteiger partial charge in [0.05, 0.1) is 24.5 Å². The fourth-order valence-electron chi connectivity index (χ4n) is 4.11. The molecule has 3 rings (SSSR count). The Morgan fingerprint density at radius 1 is 1.23 bits per heavy atom. The van der Waals surface area contributed by atoms with Crippen molar-refractivity contribution in [3.63, 3.8) is 0 Å². The second-order valence-electron chi connectivity index (χ2n) is 7.04. The van der Waals surface area contributed by atoms with E-state index in [1.165, 1.54) is 0 Å². The van der Waals surface area contributed by atoms with Gasteiger partial charge in [0.1, 0.15) is 5.54 Å². The Bertz CT molecular complexity index is 712. The van der Waals surface area contributed by atoms with Crippen LogP contribution in [0.25, 0.3) is 0 Å². The van der Waals surface area contributed by atoms with Gasteiger partial charge in [-0.2, -0.15) is 0 Å². The van der Waals surface area contributed by atoms with E-state index in [4.69, 9.17) is 5.11 Å². The van der Waals surface area contributed by atoms with Crippen LogP contribution in [0.1, 0.15) is 39.0 Å². The van der Waals surface area contributed by atoms with Gasteiger partial charge in [0, 0.05) is 0 Å². The van der Waals surface area contributed by atoms with E-state index in [9.17, 15) is 14.4 Å². The van der Waals surface area contributed by atoms with Gasteiger partial charge in [-0.15, -0.1) is 0 Å². The Hall–Kier alpha value is -2.41. The number of nitrogens with one attached hydrogen (secondary N) is 1. The number of carbonyl (C=O) groups excluding carboxylic acids is 2. The molecule has 1 saturated carbocycles. The monoisotopic (exact) mass is 359 g/mol. The van der Waals surface area contributed by atoms with Crippen molar-refractivity contribution < 1.29 is 19.5 Å². The molecule has 1 aliphatic carbocycles. The minimum absolute atomic E-state index is 0.0104. The number of rotatable bonds is 6. The summed E-state index contributed by atoms with van der Waals surface area (Å²) in [5.41, 5.74) is 0.474. The number of nitrogens with zero attached hydrogens (tertiary/aromatic N) is 2. The number of para-hydroxylation sites is 2. The zero-order chi connectivity index (χ0) is 18.7. The van der Waals surface area contributed by atoms with Crippen molar-refractivity contribution in [1.82, 2.24) is 4.90 Å². The Kier molecular flexibility index (Phi) is 5.27. The fraction of sp³-hybridized carbons (Fsp3) is 0.526. The van der Waals surface area contributed by atoms with Crippen LogP contribution < -0.4 is 10.2 Å². The third-order valence-electron chi connectivity index (χ3n) is 5.18. The smallest absolute Gasteiger partial charge is 0.317 e. The summed E-state index contributed by atoms with van der Waals surface area (Å²) in [6.45, 7) is 2.27. The quantitative estimate of drug-likeness (QED) is 0.812. The van der Waals surface area contributed by atoms with Crippen molar-refractivity contribution in [2.75, 3.05) is 29.9 Å². The van der Waals surface area contributed by atoms with Crippen LogP contribution >= 0.6 is 0 Å². The van der Waals surface area contributed by atoms with Crippen LogP contribution in [0.2, 0.25) is 0 Å². The molecule has 7 nitrogen and oxygen atoms in total. The van der Waals surface area contributed by atoms with Crippen LogP contribution in [0.4, 0.5) is 11.4 Å².